The van der Waals surface area contributed by atoms with Crippen LogP contribution in [0.15, 0.2) is 23.3 Å². The molecule has 92 valence electrons. The van der Waals surface area contributed by atoms with Crippen LogP contribution < -0.4 is 0 Å². The van der Waals surface area contributed by atoms with Gasteiger partial charge in [-0.05, 0) is 30.9 Å². The maximum absolute atomic E-state index is 11.0. The van der Waals surface area contributed by atoms with Gasteiger partial charge in [0, 0.05) is 12.4 Å². The number of carboxylic acids is 1. The van der Waals surface area contributed by atoms with E-state index in [1.54, 1.807) is 6.20 Å². The first kappa shape index (κ1) is 13.4. The second-order valence-electron chi connectivity index (χ2n) is 4.52. The molecule has 0 radical (unpaired) electrons. The van der Waals surface area contributed by atoms with Crippen LogP contribution in [0.2, 0.25) is 0 Å². The molecule has 0 saturated carbocycles. The van der Waals surface area contributed by atoms with Crippen LogP contribution in [0.3, 0.4) is 0 Å². The average Bonchev–Trinajstić information content (AvgIpc) is 2.25. The molecule has 4 nitrogen and oxygen atoms in total. The summed E-state index contributed by atoms with van der Waals surface area (Å²) < 4.78 is 0. The van der Waals surface area contributed by atoms with Gasteiger partial charge in [0.15, 0.2) is 0 Å². The van der Waals surface area contributed by atoms with Gasteiger partial charge >= 0.3 is 5.97 Å². The van der Waals surface area contributed by atoms with Crippen LogP contribution in [0.4, 0.5) is 0 Å². The van der Waals surface area contributed by atoms with Crippen LogP contribution >= 0.6 is 0 Å². The van der Waals surface area contributed by atoms with E-state index >= 15 is 0 Å². The Morgan fingerprint density at radius 3 is 2.71 bits per heavy atom. The van der Waals surface area contributed by atoms with Gasteiger partial charge in [0.25, 0.3) is 0 Å². The fraction of sp³-hybridized carbons (Fsp3) is 0.462. The van der Waals surface area contributed by atoms with Crippen molar-refractivity contribution in [3.8, 4) is 0 Å². The molecule has 0 aromatic carbocycles. The highest BCUT2D eigenvalue weighted by Gasteiger charge is 2.16. The summed E-state index contributed by atoms with van der Waals surface area (Å²) in [4.78, 5) is 19.2. The second-order valence-corrected chi connectivity index (χ2v) is 4.52. The molecule has 0 aliphatic carbocycles. The largest absolute Gasteiger partial charge is 0.480 e. The lowest BCUT2D eigenvalue weighted by Gasteiger charge is -2.09. The highest BCUT2D eigenvalue weighted by Crippen LogP contribution is 2.08. The zero-order valence-corrected chi connectivity index (χ0v) is 10.4. The van der Waals surface area contributed by atoms with Crippen molar-refractivity contribution >= 4 is 12.2 Å². The van der Waals surface area contributed by atoms with Crippen LogP contribution in [0, 0.1) is 12.8 Å². The number of rotatable bonds is 5. The summed E-state index contributed by atoms with van der Waals surface area (Å²) in [6.45, 7) is 5.91. The molecular weight excluding hydrogens is 216 g/mol. The smallest absolute Gasteiger partial charge is 0.328 e. The summed E-state index contributed by atoms with van der Waals surface area (Å²) in [7, 11) is 0. The monoisotopic (exact) mass is 234 g/mol. The van der Waals surface area contributed by atoms with E-state index in [0.717, 1.165) is 5.56 Å². The third kappa shape index (κ3) is 4.76. The first-order valence-electron chi connectivity index (χ1n) is 5.67. The van der Waals surface area contributed by atoms with E-state index in [-0.39, 0.29) is 0 Å². The molecule has 1 rings (SSSR count). The van der Waals surface area contributed by atoms with Gasteiger partial charge in [-0.15, -0.1) is 0 Å². The fourth-order valence-corrected chi connectivity index (χ4v) is 1.39. The van der Waals surface area contributed by atoms with Gasteiger partial charge in [0.2, 0.25) is 0 Å². The molecule has 1 N–H and O–H groups in total. The molecule has 0 saturated heterocycles. The lowest BCUT2D eigenvalue weighted by molar-refractivity contribution is -0.138. The molecule has 0 aliphatic rings. The molecule has 0 aliphatic heterocycles. The Labute approximate surface area is 101 Å². The van der Waals surface area contributed by atoms with E-state index in [1.165, 1.54) is 6.21 Å². The molecule has 4 heteroatoms. The lowest BCUT2D eigenvalue weighted by atomic mass is 10.0. The summed E-state index contributed by atoms with van der Waals surface area (Å²) in [6, 6.07) is 3.07. The van der Waals surface area contributed by atoms with Crippen LogP contribution in [0.1, 0.15) is 31.5 Å². The Morgan fingerprint density at radius 2 is 2.24 bits per heavy atom. The molecule has 1 aromatic rings. The molecule has 1 heterocycles. The zero-order valence-electron chi connectivity index (χ0n) is 10.4. The fourth-order valence-electron chi connectivity index (χ4n) is 1.39. The zero-order chi connectivity index (χ0) is 12.8. The highest BCUT2D eigenvalue weighted by molar-refractivity contribution is 5.81. The Hall–Kier alpha value is -1.71. The quantitative estimate of drug-likeness (QED) is 0.795. The van der Waals surface area contributed by atoms with Crippen molar-refractivity contribution in [2.24, 2.45) is 10.9 Å². The van der Waals surface area contributed by atoms with Crippen LogP contribution in [0.25, 0.3) is 0 Å². The number of aryl methyl sites for hydroxylation is 1. The van der Waals surface area contributed by atoms with Crippen molar-refractivity contribution in [2.75, 3.05) is 0 Å². The van der Waals surface area contributed by atoms with Crippen LogP contribution in [-0.2, 0) is 4.79 Å². The van der Waals surface area contributed by atoms with Gasteiger partial charge in [-0.1, -0.05) is 19.9 Å². The van der Waals surface area contributed by atoms with Gasteiger partial charge in [0.05, 0.1) is 5.69 Å². The number of aliphatic imine (C=N–C) groups is 1. The van der Waals surface area contributed by atoms with Gasteiger partial charge < -0.3 is 5.11 Å². The predicted octanol–water partition coefficient (Wildman–Crippen LogP) is 2.31. The summed E-state index contributed by atoms with van der Waals surface area (Å²) >= 11 is 0. The molecule has 0 spiro atoms. The van der Waals surface area contributed by atoms with Crippen molar-refractivity contribution in [1.29, 1.82) is 0 Å². The van der Waals surface area contributed by atoms with Gasteiger partial charge in [0.1, 0.15) is 6.04 Å². The summed E-state index contributed by atoms with van der Waals surface area (Å²) in [5.41, 5.74) is 1.75. The Balaban J connectivity index is 2.72. The van der Waals surface area contributed by atoms with Crippen LogP contribution in [-0.4, -0.2) is 28.3 Å². The Kier molecular flexibility index (Phi) is 4.82. The minimum Gasteiger partial charge on any atom is -0.480 e. The standard InChI is InChI=1S/C13H18N2O2/c1-9(2)6-12(13(16)17)15-8-11-5-4-10(3)7-14-11/h4-5,7-9,12H,6H2,1-3H3,(H,16,17). The molecule has 0 fully saturated rings. The minimum atomic E-state index is -0.887. The van der Waals surface area contributed by atoms with E-state index in [9.17, 15) is 4.79 Å². The maximum Gasteiger partial charge on any atom is 0.328 e. The lowest BCUT2D eigenvalue weighted by Crippen LogP contribution is -2.20. The normalized spacial score (nSPS) is 13.2. The van der Waals surface area contributed by atoms with E-state index < -0.39 is 12.0 Å². The van der Waals surface area contributed by atoms with Crippen molar-refractivity contribution in [3.63, 3.8) is 0 Å². The van der Waals surface area contributed by atoms with E-state index in [1.807, 2.05) is 32.9 Å². The van der Waals surface area contributed by atoms with Gasteiger partial charge in [-0.3, -0.25) is 9.98 Å². The first-order valence-corrected chi connectivity index (χ1v) is 5.67. The molecule has 0 amide bonds. The Bertz CT molecular complexity index is 396. The number of nitrogens with zero attached hydrogens (tertiary/aromatic N) is 2. The summed E-state index contributed by atoms with van der Waals surface area (Å²) in [5.74, 6) is -0.582. The average molecular weight is 234 g/mol. The molecule has 1 atom stereocenters. The van der Waals surface area contributed by atoms with E-state index in [0.29, 0.717) is 18.0 Å². The number of pyridine rings is 1. The van der Waals surface area contributed by atoms with Crippen molar-refractivity contribution in [2.45, 2.75) is 33.2 Å². The molecule has 1 aromatic heterocycles. The maximum atomic E-state index is 11.0. The Morgan fingerprint density at radius 1 is 1.53 bits per heavy atom. The number of hydrogen-bond acceptors (Lipinski definition) is 3. The van der Waals surface area contributed by atoms with Gasteiger partial charge in [-0.25, -0.2) is 4.79 Å². The van der Waals surface area contributed by atoms with Crippen molar-refractivity contribution < 1.29 is 9.90 Å². The van der Waals surface area contributed by atoms with E-state index in [4.69, 9.17) is 5.11 Å². The van der Waals surface area contributed by atoms with E-state index in [2.05, 4.69) is 9.98 Å². The number of aromatic nitrogens is 1. The SMILES string of the molecule is Cc1ccc(C=NC(CC(C)C)C(=O)O)nc1. The number of carboxylic acid groups (broad SMARTS) is 1. The minimum absolute atomic E-state index is 0.305. The third-order valence-electron chi connectivity index (χ3n) is 2.30. The predicted molar refractivity (Wildman–Crippen MR) is 67.4 cm³/mol. The van der Waals surface area contributed by atoms with Crippen molar-refractivity contribution in [3.05, 3.63) is 29.6 Å². The first-order chi connectivity index (χ1) is 7.99. The van der Waals surface area contributed by atoms with Gasteiger partial charge in [-0.2, -0.15) is 0 Å². The van der Waals surface area contributed by atoms with Crippen LogP contribution in [0.5, 0.6) is 0 Å². The number of carbonyl (C=O) groups is 1. The number of aliphatic carboxylic acids is 1. The molecule has 1 unspecified atom stereocenters. The second kappa shape index (κ2) is 6.13. The van der Waals surface area contributed by atoms with Crippen molar-refractivity contribution in [1.82, 2.24) is 4.98 Å². The molecule has 0 bridgehead atoms. The third-order valence-corrected chi connectivity index (χ3v) is 2.30. The molecular formula is C13H18N2O2. The highest BCUT2D eigenvalue weighted by atomic mass is 16.4. The summed E-state index contributed by atoms with van der Waals surface area (Å²) in [6.07, 6.45) is 3.80. The topological polar surface area (TPSA) is 62.5 Å². The summed E-state index contributed by atoms with van der Waals surface area (Å²) in [5, 5.41) is 9.01. The molecule has 17 heavy (non-hydrogen) atoms. The number of hydrogen-bond donors (Lipinski definition) is 1.